The number of nitrogens with two attached hydrogens (primary N) is 1. The molecule has 1 aromatic heterocycles. The van der Waals surface area contributed by atoms with Crippen molar-refractivity contribution in [3.8, 4) is 0 Å². The molecular weight excluding hydrogens is 270 g/mol. The number of nitrogens with zero attached hydrogens (tertiary/aromatic N) is 2. The Labute approximate surface area is 125 Å². The number of anilines is 1. The zero-order chi connectivity index (χ0) is 14.7. The van der Waals surface area contributed by atoms with Gasteiger partial charge in [0.1, 0.15) is 5.82 Å². The molecule has 0 atom stereocenters. The molecule has 0 aliphatic heterocycles. The maximum atomic E-state index is 6.22. The van der Waals surface area contributed by atoms with Crippen molar-refractivity contribution in [1.82, 2.24) is 4.98 Å². The van der Waals surface area contributed by atoms with E-state index in [1.54, 1.807) is 0 Å². The van der Waals surface area contributed by atoms with Gasteiger partial charge in [0.05, 0.1) is 0 Å². The van der Waals surface area contributed by atoms with Crippen molar-refractivity contribution in [1.29, 1.82) is 0 Å². The second-order valence-electron chi connectivity index (χ2n) is 5.03. The van der Waals surface area contributed by atoms with Crippen molar-refractivity contribution in [2.24, 2.45) is 5.73 Å². The van der Waals surface area contributed by atoms with Crippen LogP contribution >= 0.6 is 11.6 Å². The van der Waals surface area contributed by atoms with Crippen LogP contribution in [0.25, 0.3) is 0 Å². The van der Waals surface area contributed by atoms with Crippen LogP contribution in [-0.2, 0) is 13.1 Å². The molecule has 0 aliphatic rings. The Hall–Kier alpha value is -1.58. The number of rotatable bonds is 4. The van der Waals surface area contributed by atoms with E-state index in [0.29, 0.717) is 13.1 Å². The average molecular weight is 290 g/mol. The number of aromatic nitrogens is 1. The molecule has 20 heavy (non-hydrogen) atoms. The minimum Gasteiger partial charge on any atom is -0.355 e. The third-order valence-corrected chi connectivity index (χ3v) is 3.75. The van der Waals surface area contributed by atoms with Crippen molar-refractivity contribution in [3.63, 3.8) is 0 Å². The number of halogens is 1. The number of pyridine rings is 1. The highest BCUT2D eigenvalue weighted by atomic mass is 35.5. The molecule has 0 aliphatic carbocycles. The molecule has 0 fully saturated rings. The monoisotopic (exact) mass is 289 g/mol. The summed E-state index contributed by atoms with van der Waals surface area (Å²) in [6.45, 7) is 5.27. The van der Waals surface area contributed by atoms with Crippen LogP contribution in [0.3, 0.4) is 0 Å². The maximum absolute atomic E-state index is 6.22. The summed E-state index contributed by atoms with van der Waals surface area (Å²) in [6.07, 6.45) is 0. The molecular formula is C16H20ClN3. The standard InChI is InChI=1S/C16H20ClN3/c1-11-8-12(2)19-16(14(11)9-18)20(3)10-13-6-4-5-7-15(13)17/h4-8H,9-10,18H2,1-3H3. The van der Waals surface area contributed by atoms with Crippen molar-refractivity contribution in [2.75, 3.05) is 11.9 Å². The predicted octanol–water partition coefficient (Wildman–Crippen LogP) is 3.45. The van der Waals surface area contributed by atoms with Gasteiger partial charge in [0, 0.05) is 36.4 Å². The third-order valence-electron chi connectivity index (χ3n) is 3.38. The van der Waals surface area contributed by atoms with Gasteiger partial charge in [-0.2, -0.15) is 0 Å². The summed E-state index contributed by atoms with van der Waals surface area (Å²) < 4.78 is 0. The highest BCUT2D eigenvalue weighted by Gasteiger charge is 2.13. The van der Waals surface area contributed by atoms with Gasteiger partial charge in [0.25, 0.3) is 0 Å². The van der Waals surface area contributed by atoms with Gasteiger partial charge in [0.15, 0.2) is 0 Å². The summed E-state index contributed by atoms with van der Waals surface area (Å²) in [5, 5.41) is 0.776. The van der Waals surface area contributed by atoms with E-state index in [-0.39, 0.29) is 0 Å². The first-order valence-corrected chi connectivity index (χ1v) is 7.02. The van der Waals surface area contributed by atoms with Crippen LogP contribution in [-0.4, -0.2) is 12.0 Å². The average Bonchev–Trinajstić information content (AvgIpc) is 2.40. The molecule has 0 amide bonds. The normalized spacial score (nSPS) is 10.7. The van der Waals surface area contributed by atoms with Crippen molar-refractivity contribution in [3.05, 3.63) is 57.7 Å². The summed E-state index contributed by atoms with van der Waals surface area (Å²) in [5.41, 5.74) is 10.2. The van der Waals surface area contributed by atoms with Crippen LogP contribution in [0.15, 0.2) is 30.3 Å². The van der Waals surface area contributed by atoms with Crippen LogP contribution in [0.5, 0.6) is 0 Å². The lowest BCUT2D eigenvalue weighted by Gasteiger charge is -2.23. The fraction of sp³-hybridized carbons (Fsp3) is 0.312. The van der Waals surface area contributed by atoms with Gasteiger partial charge in [-0.1, -0.05) is 29.8 Å². The molecule has 0 radical (unpaired) electrons. The predicted molar refractivity (Wildman–Crippen MR) is 85.2 cm³/mol. The fourth-order valence-corrected chi connectivity index (χ4v) is 2.56. The quantitative estimate of drug-likeness (QED) is 0.937. The summed E-state index contributed by atoms with van der Waals surface area (Å²) in [7, 11) is 2.02. The Morgan fingerprint density at radius 3 is 2.60 bits per heavy atom. The second-order valence-corrected chi connectivity index (χ2v) is 5.44. The molecule has 2 rings (SSSR count). The molecule has 0 saturated carbocycles. The van der Waals surface area contributed by atoms with Crippen LogP contribution in [0.2, 0.25) is 5.02 Å². The van der Waals surface area contributed by atoms with Crippen molar-refractivity contribution >= 4 is 17.4 Å². The van der Waals surface area contributed by atoms with Gasteiger partial charge >= 0.3 is 0 Å². The van der Waals surface area contributed by atoms with E-state index in [0.717, 1.165) is 27.7 Å². The molecule has 2 N–H and O–H groups in total. The Morgan fingerprint density at radius 2 is 1.95 bits per heavy atom. The van der Waals surface area contributed by atoms with E-state index in [1.807, 2.05) is 38.2 Å². The highest BCUT2D eigenvalue weighted by Crippen LogP contribution is 2.24. The number of aryl methyl sites for hydroxylation is 2. The Morgan fingerprint density at radius 1 is 1.25 bits per heavy atom. The molecule has 1 heterocycles. The lowest BCUT2D eigenvalue weighted by atomic mass is 10.1. The highest BCUT2D eigenvalue weighted by molar-refractivity contribution is 6.31. The SMILES string of the molecule is Cc1cc(C)c(CN)c(N(C)Cc2ccccc2Cl)n1. The first-order chi connectivity index (χ1) is 9.52. The third kappa shape index (κ3) is 3.11. The van der Waals surface area contributed by atoms with Crippen LogP contribution in [0.1, 0.15) is 22.4 Å². The van der Waals surface area contributed by atoms with E-state index < -0.39 is 0 Å². The Balaban J connectivity index is 2.34. The molecule has 106 valence electrons. The van der Waals surface area contributed by atoms with Gasteiger partial charge in [-0.15, -0.1) is 0 Å². The molecule has 0 spiro atoms. The van der Waals surface area contributed by atoms with Gasteiger partial charge in [-0.25, -0.2) is 4.98 Å². The van der Waals surface area contributed by atoms with Gasteiger partial charge in [0.2, 0.25) is 0 Å². The van der Waals surface area contributed by atoms with Crippen molar-refractivity contribution < 1.29 is 0 Å². The summed E-state index contributed by atoms with van der Waals surface area (Å²) in [4.78, 5) is 6.73. The van der Waals surface area contributed by atoms with Gasteiger partial charge in [-0.3, -0.25) is 0 Å². The van der Waals surface area contributed by atoms with Crippen LogP contribution in [0, 0.1) is 13.8 Å². The first kappa shape index (κ1) is 14.8. The van der Waals surface area contributed by atoms with Gasteiger partial charge < -0.3 is 10.6 Å². The maximum Gasteiger partial charge on any atom is 0.133 e. The molecule has 1 aromatic carbocycles. The molecule has 0 bridgehead atoms. The lowest BCUT2D eigenvalue weighted by Crippen LogP contribution is -2.21. The minimum atomic E-state index is 0.487. The fourth-order valence-electron chi connectivity index (χ4n) is 2.37. The Bertz CT molecular complexity index is 611. The summed E-state index contributed by atoms with van der Waals surface area (Å²) >= 11 is 6.22. The van der Waals surface area contributed by atoms with Crippen molar-refractivity contribution in [2.45, 2.75) is 26.9 Å². The van der Waals surface area contributed by atoms with E-state index in [2.05, 4.69) is 22.9 Å². The molecule has 0 unspecified atom stereocenters. The number of hydrogen-bond donors (Lipinski definition) is 1. The lowest BCUT2D eigenvalue weighted by molar-refractivity contribution is 0.865. The summed E-state index contributed by atoms with van der Waals surface area (Å²) in [6, 6.07) is 9.93. The first-order valence-electron chi connectivity index (χ1n) is 6.64. The molecule has 3 nitrogen and oxygen atoms in total. The number of benzene rings is 1. The smallest absolute Gasteiger partial charge is 0.133 e. The zero-order valence-corrected chi connectivity index (χ0v) is 12.9. The minimum absolute atomic E-state index is 0.487. The second kappa shape index (κ2) is 6.25. The largest absolute Gasteiger partial charge is 0.355 e. The van der Waals surface area contributed by atoms with E-state index >= 15 is 0 Å². The Kier molecular flexibility index (Phi) is 4.63. The molecule has 2 aromatic rings. The molecule has 0 saturated heterocycles. The van der Waals surface area contributed by atoms with Crippen LogP contribution < -0.4 is 10.6 Å². The van der Waals surface area contributed by atoms with E-state index in [9.17, 15) is 0 Å². The van der Waals surface area contributed by atoms with E-state index in [4.69, 9.17) is 17.3 Å². The van der Waals surface area contributed by atoms with E-state index in [1.165, 1.54) is 5.56 Å². The summed E-state index contributed by atoms with van der Waals surface area (Å²) in [5.74, 6) is 0.935. The molecule has 4 heteroatoms. The number of hydrogen-bond acceptors (Lipinski definition) is 3. The topological polar surface area (TPSA) is 42.1 Å². The zero-order valence-electron chi connectivity index (χ0n) is 12.2. The van der Waals surface area contributed by atoms with Gasteiger partial charge in [-0.05, 0) is 37.1 Å². The van der Waals surface area contributed by atoms with Crippen LogP contribution in [0.4, 0.5) is 5.82 Å².